The van der Waals surface area contributed by atoms with E-state index in [-0.39, 0.29) is 5.91 Å². The van der Waals surface area contributed by atoms with E-state index in [1.165, 1.54) is 0 Å². The summed E-state index contributed by atoms with van der Waals surface area (Å²) in [6.07, 6.45) is 11.0. The molecule has 1 amide bonds. The molecular weight excluding hydrogens is 190 g/mol. The van der Waals surface area contributed by atoms with Crippen molar-refractivity contribution >= 4 is 12.0 Å². The first kappa shape index (κ1) is 10.0. The molecule has 80 valence electrons. The fourth-order valence-corrected chi connectivity index (χ4v) is 1.71. The highest BCUT2D eigenvalue weighted by molar-refractivity contribution is 5.78. The monoisotopic (exact) mass is 205 g/mol. The average molecular weight is 205 g/mol. The molecule has 0 aliphatic carbocycles. The topological polar surface area (TPSA) is 33.5 Å². The van der Waals surface area contributed by atoms with Crippen molar-refractivity contribution in [3.05, 3.63) is 30.4 Å². The third-order valence-corrected chi connectivity index (χ3v) is 2.60. The zero-order chi connectivity index (χ0) is 10.5. The van der Waals surface area contributed by atoms with Gasteiger partial charge < -0.3 is 9.32 Å². The summed E-state index contributed by atoms with van der Waals surface area (Å²) < 4.78 is 4.95. The number of amides is 1. The van der Waals surface area contributed by atoms with E-state index in [1.807, 2.05) is 18.3 Å². The molecule has 15 heavy (non-hydrogen) atoms. The largest absolute Gasteiger partial charge is 0.472 e. The van der Waals surface area contributed by atoms with Gasteiger partial charge in [-0.1, -0.05) is 6.42 Å². The van der Waals surface area contributed by atoms with Gasteiger partial charge in [-0.2, -0.15) is 0 Å². The van der Waals surface area contributed by atoms with E-state index in [1.54, 1.807) is 17.4 Å². The van der Waals surface area contributed by atoms with Crippen LogP contribution in [0.15, 0.2) is 29.2 Å². The van der Waals surface area contributed by atoms with Crippen LogP contribution in [0.1, 0.15) is 31.2 Å². The Kier molecular flexibility index (Phi) is 3.22. The van der Waals surface area contributed by atoms with Crippen LogP contribution in [0.4, 0.5) is 0 Å². The molecule has 0 radical (unpaired) electrons. The van der Waals surface area contributed by atoms with Crippen molar-refractivity contribution in [2.75, 3.05) is 6.54 Å². The first-order chi connectivity index (χ1) is 7.36. The molecule has 1 fully saturated rings. The Bertz CT molecular complexity index is 341. The minimum Gasteiger partial charge on any atom is -0.472 e. The molecule has 2 heterocycles. The number of hydrogen-bond donors (Lipinski definition) is 0. The van der Waals surface area contributed by atoms with Crippen LogP contribution >= 0.6 is 0 Å². The van der Waals surface area contributed by atoms with Crippen LogP contribution < -0.4 is 0 Å². The van der Waals surface area contributed by atoms with Gasteiger partial charge in [0, 0.05) is 24.7 Å². The van der Waals surface area contributed by atoms with Crippen LogP contribution in [0.25, 0.3) is 6.08 Å². The maximum Gasteiger partial charge on any atom is 0.226 e. The first-order valence-electron chi connectivity index (χ1n) is 5.36. The van der Waals surface area contributed by atoms with Crippen molar-refractivity contribution in [2.24, 2.45) is 0 Å². The molecule has 1 aromatic rings. The molecule has 1 aliphatic rings. The highest BCUT2D eigenvalue weighted by atomic mass is 16.3. The van der Waals surface area contributed by atoms with Gasteiger partial charge in [0.25, 0.3) is 0 Å². The Morgan fingerprint density at radius 3 is 3.07 bits per heavy atom. The maximum atomic E-state index is 11.6. The SMILES string of the molecule is O=C1CCCCCN1C=Cc1ccoc1. The molecule has 0 spiro atoms. The fourth-order valence-electron chi connectivity index (χ4n) is 1.71. The number of likely N-dealkylation sites (tertiary alicyclic amines) is 1. The van der Waals surface area contributed by atoms with Crippen molar-refractivity contribution in [3.63, 3.8) is 0 Å². The van der Waals surface area contributed by atoms with Gasteiger partial charge in [0.2, 0.25) is 5.91 Å². The number of rotatable bonds is 2. The lowest BCUT2D eigenvalue weighted by Crippen LogP contribution is -2.24. The van der Waals surface area contributed by atoms with Gasteiger partial charge in [0.1, 0.15) is 0 Å². The zero-order valence-corrected chi connectivity index (χ0v) is 8.69. The lowest BCUT2D eigenvalue weighted by molar-refractivity contribution is -0.128. The Labute approximate surface area is 89.4 Å². The van der Waals surface area contributed by atoms with Gasteiger partial charge in [-0.25, -0.2) is 0 Å². The van der Waals surface area contributed by atoms with Crippen molar-refractivity contribution < 1.29 is 9.21 Å². The summed E-state index contributed by atoms with van der Waals surface area (Å²) in [6.45, 7) is 0.840. The van der Waals surface area contributed by atoms with Crippen molar-refractivity contribution in [3.8, 4) is 0 Å². The maximum absolute atomic E-state index is 11.6. The Hall–Kier alpha value is -1.51. The molecule has 0 aromatic carbocycles. The molecule has 3 heteroatoms. The lowest BCUT2D eigenvalue weighted by Gasteiger charge is -2.14. The van der Waals surface area contributed by atoms with E-state index >= 15 is 0 Å². The van der Waals surface area contributed by atoms with Crippen LogP contribution in [-0.2, 0) is 4.79 Å². The molecule has 1 saturated heterocycles. The number of hydrogen-bond acceptors (Lipinski definition) is 2. The van der Waals surface area contributed by atoms with E-state index in [0.29, 0.717) is 6.42 Å². The summed E-state index contributed by atoms with van der Waals surface area (Å²) in [5, 5.41) is 0. The number of carbonyl (C=O) groups excluding carboxylic acids is 1. The van der Waals surface area contributed by atoms with Crippen molar-refractivity contribution in [1.82, 2.24) is 4.90 Å². The highest BCUT2D eigenvalue weighted by Crippen LogP contribution is 2.12. The van der Waals surface area contributed by atoms with Gasteiger partial charge in [-0.3, -0.25) is 4.79 Å². The molecule has 0 bridgehead atoms. The normalized spacial score (nSPS) is 18.4. The van der Waals surface area contributed by atoms with Crippen molar-refractivity contribution in [2.45, 2.75) is 25.7 Å². The minimum absolute atomic E-state index is 0.229. The summed E-state index contributed by atoms with van der Waals surface area (Å²) in [5.74, 6) is 0.229. The average Bonchev–Trinajstić information content (AvgIpc) is 2.67. The molecule has 0 saturated carbocycles. The fraction of sp³-hybridized carbons (Fsp3) is 0.417. The van der Waals surface area contributed by atoms with Crippen LogP contribution in [-0.4, -0.2) is 17.4 Å². The smallest absolute Gasteiger partial charge is 0.226 e. The van der Waals surface area contributed by atoms with E-state index in [0.717, 1.165) is 31.4 Å². The Balaban J connectivity index is 2.00. The van der Waals surface area contributed by atoms with Gasteiger partial charge >= 0.3 is 0 Å². The standard InChI is InChI=1S/C12H15NO2/c14-12-4-2-1-3-7-13(12)8-5-11-6-9-15-10-11/h5-6,8-10H,1-4,7H2. The van der Waals surface area contributed by atoms with E-state index in [2.05, 4.69) is 0 Å². The summed E-state index contributed by atoms with van der Waals surface area (Å²) in [4.78, 5) is 13.4. The Morgan fingerprint density at radius 2 is 2.27 bits per heavy atom. The van der Waals surface area contributed by atoms with Crippen LogP contribution in [0.3, 0.4) is 0 Å². The van der Waals surface area contributed by atoms with Gasteiger partial charge in [0.05, 0.1) is 12.5 Å². The summed E-state index contributed by atoms with van der Waals surface area (Å²) >= 11 is 0. The summed E-state index contributed by atoms with van der Waals surface area (Å²) in [6, 6.07) is 1.87. The summed E-state index contributed by atoms with van der Waals surface area (Å²) in [7, 11) is 0. The van der Waals surface area contributed by atoms with E-state index < -0.39 is 0 Å². The molecule has 1 aromatic heterocycles. The predicted octanol–water partition coefficient (Wildman–Crippen LogP) is 2.65. The molecule has 1 aliphatic heterocycles. The second-order valence-electron chi connectivity index (χ2n) is 3.77. The molecule has 0 unspecified atom stereocenters. The van der Waals surface area contributed by atoms with Crippen LogP contribution in [0.5, 0.6) is 0 Å². The molecule has 2 rings (SSSR count). The highest BCUT2D eigenvalue weighted by Gasteiger charge is 2.13. The van der Waals surface area contributed by atoms with Crippen LogP contribution in [0, 0.1) is 0 Å². The first-order valence-corrected chi connectivity index (χ1v) is 5.36. The zero-order valence-electron chi connectivity index (χ0n) is 8.69. The number of nitrogens with zero attached hydrogens (tertiary/aromatic N) is 1. The molecule has 3 nitrogen and oxygen atoms in total. The second-order valence-corrected chi connectivity index (χ2v) is 3.77. The van der Waals surface area contributed by atoms with Crippen LogP contribution in [0.2, 0.25) is 0 Å². The third kappa shape index (κ3) is 2.72. The Morgan fingerprint density at radius 1 is 1.33 bits per heavy atom. The lowest BCUT2D eigenvalue weighted by atomic mass is 10.2. The number of carbonyl (C=O) groups is 1. The van der Waals surface area contributed by atoms with Gasteiger partial charge in [-0.15, -0.1) is 0 Å². The predicted molar refractivity (Wildman–Crippen MR) is 57.9 cm³/mol. The molecule has 0 N–H and O–H groups in total. The van der Waals surface area contributed by atoms with Crippen molar-refractivity contribution in [1.29, 1.82) is 0 Å². The molecule has 0 atom stereocenters. The van der Waals surface area contributed by atoms with E-state index in [4.69, 9.17) is 4.42 Å². The summed E-state index contributed by atoms with van der Waals surface area (Å²) in [5.41, 5.74) is 0.993. The molecular formula is C12H15NO2. The quantitative estimate of drug-likeness (QED) is 0.743. The van der Waals surface area contributed by atoms with Gasteiger partial charge in [-0.05, 0) is 25.0 Å². The van der Waals surface area contributed by atoms with E-state index in [9.17, 15) is 4.79 Å². The van der Waals surface area contributed by atoms with Gasteiger partial charge in [0.15, 0.2) is 0 Å². The minimum atomic E-state index is 0.229. The second kappa shape index (κ2) is 4.82. The third-order valence-electron chi connectivity index (χ3n) is 2.60. The number of furan rings is 1.